The third-order valence-electron chi connectivity index (χ3n) is 8.23. The molecular formula is C37H43ClN2O9. The fraction of sp³-hybridized carbons (Fsp3) is 0.378. The number of nitrogens with one attached hydrogen (secondary N) is 2. The molecule has 3 N–H and O–H groups in total. The first-order chi connectivity index (χ1) is 23.5. The molecule has 3 aromatic carbocycles. The van der Waals surface area contributed by atoms with Gasteiger partial charge in [0.15, 0.2) is 28.8 Å². The molecule has 3 unspecified atom stereocenters. The number of benzene rings is 3. The molecule has 0 radical (unpaired) electrons. The third-order valence-corrected chi connectivity index (χ3v) is 8.51. The van der Waals surface area contributed by atoms with Crippen molar-refractivity contribution >= 4 is 35.0 Å². The van der Waals surface area contributed by atoms with Crippen LogP contribution in [0.5, 0.6) is 28.7 Å². The number of carbonyl (C=O) groups is 3. The number of rotatable bonds is 15. The van der Waals surface area contributed by atoms with Crippen LogP contribution in [0.3, 0.4) is 0 Å². The number of amides is 1. The molecule has 49 heavy (non-hydrogen) atoms. The highest BCUT2D eigenvalue weighted by molar-refractivity contribution is 6.13. The number of hydrogen-bond donors (Lipinski definition) is 3. The van der Waals surface area contributed by atoms with Crippen molar-refractivity contribution in [1.82, 2.24) is 10.2 Å². The molecule has 11 nitrogen and oxygen atoms in total. The number of carbonyl (C=O) groups excluding carboxylic acids is 3. The van der Waals surface area contributed by atoms with E-state index in [2.05, 4.69) is 10.2 Å². The Hall–Kier alpha value is -4.58. The van der Waals surface area contributed by atoms with Crippen LogP contribution in [-0.4, -0.2) is 69.4 Å². The molecule has 0 fully saturated rings. The van der Waals surface area contributed by atoms with Gasteiger partial charge in [-0.15, -0.1) is 0 Å². The lowest BCUT2D eigenvalue weighted by molar-refractivity contribution is -0.142. The summed E-state index contributed by atoms with van der Waals surface area (Å²) >= 11 is 5.92. The van der Waals surface area contributed by atoms with Gasteiger partial charge in [-0.2, -0.15) is 0 Å². The number of allylic oxidation sites excluding steroid dienone is 1. The summed E-state index contributed by atoms with van der Waals surface area (Å²) in [6.45, 7) is 3.79. The van der Waals surface area contributed by atoms with E-state index in [0.29, 0.717) is 40.4 Å². The minimum Gasteiger partial charge on any atom is -0.493 e. The molecule has 3 aromatic rings. The van der Waals surface area contributed by atoms with Crippen LogP contribution in [0.2, 0.25) is 0 Å². The van der Waals surface area contributed by atoms with E-state index in [1.165, 1.54) is 28.4 Å². The average Bonchev–Trinajstić information content (AvgIpc) is 3.27. The zero-order chi connectivity index (χ0) is 35.7. The Morgan fingerprint density at radius 1 is 0.878 bits per heavy atom. The summed E-state index contributed by atoms with van der Waals surface area (Å²) < 4.78 is 28.3. The van der Waals surface area contributed by atoms with E-state index < -0.39 is 30.1 Å². The van der Waals surface area contributed by atoms with Gasteiger partial charge in [0.05, 0.1) is 34.5 Å². The maximum Gasteiger partial charge on any atom is 0.334 e. The van der Waals surface area contributed by atoms with Gasteiger partial charge in [0.25, 0.3) is 5.91 Å². The van der Waals surface area contributed by atoms with Crippen molar-refractivity contribution in [3.8, 4) is 28.7 Å². The summed E-state index contributed by atoms with van der Waals surface area (Å²) in [6.07, 6.45) is 1.13. The summed E-state index contributed by atoms with van der Waals surface area (Å²) in [7, 11) is 6.00. The second kappa shape index (κ2) is 17.2. The highest BCUT2D eigenvalue weighted by Gasteiger charge is 2.32. The van der Waals surface area contributed by atoms with Gasteiger partial charge >= 0.3 is 5.97 Å². The van der Waals surface area contributed by atoms with Gasteiger partial charge in [0, 0.05) is 12.0 Å². The summed E-state index contributed by atoms with van der Waals surface area (Å²) in [5.74, 6) is -0.0386. The van der Waals surface area contributed by atoms with Crippen LogP contribution >= 0.6 is 11.8 Å². The quantitative estimate of drug-likeness (QED) is 0.115. The van der Waals surface area contributed by atoms with Crippen LogP contribution in [0.25, 0.3) is 5.57 Å². The molecule has 0 aliphatic heterocycles. The van der Waals surface area contributed by atoms with Crippen molar-refractivity contribution < 1.29 is 43.2 Å². The Labute approximate surface area is 291 Å². The number of hydrogen-bond acceptors (Lipinski definition) is 10. The Morgan fingerprint density at radius 3 is 2.18 bits per heavy atom. The molecule has 0 spiro atoms. The minimum absolute atomic E-state index is 0.0184. The Morgan fingerprint density at radius 2 is 1.57 bits per heavy atom. The normalized spacial score (nSPS) is 14.5. The van der Waals surface area contributed by atoms with E-state index in [9.17, 15) is 19.5 Å². The fourth-order valence-corrected chi connectivity index (χ4v) is 6.01. The standard InChI is InChI=1S/C37H43ClN2O9/c1-21(2)16-29(39-36(43)33(42)28(40-38)17-22-10-8-7-9-11-22)37(44)49-31-18-23(12-15-30(31)45-3)26-19-24(41)13-14-25-27(26)20-32(46-4)35(48-6)34(25)47-5/h7-12,15,18-21,28-29,33,40,42H,13-14,16-17H2,1-6H3,(H,39,43). The molecule has 3 atom stereocenters. The zero-order valence-electron chi connectivity index (χ0n) is 28.5. The fourth-order valence-electron chi connectivity index (χ4n) is 5.81. The molecular weight excluding hydrogens is 652 g/mol. The van der Waals surface area contributed by atoms with E-state index in [1.807, 2.05) is 44.2 Å². The molecule has 0 saturated carbocycles. The first-order valence-electron chi connectivity index (χ1n) is 15.9. The Kier molecular flexibility index (Phi) is 13.1. The molecule has 12 heteroatoms. The second-order valence-electron chi connectivity index (χ2n) is 12.0. The van der Waals surface area contributed by atoms with Crippen molar-refractivity contribution in [3.63, 3.8) is 0 Å². The molecule has 0 heterocycles. The number of ether oxygens (including phenoxy) is 5. The molecule has 0 saturated heterocycles. The predicted octanol–water partition coefficient (Wildman–Crippen LogP) is 4.82. The lowest BCUT2D eigenvalue weighted by Crippen LogP contribution is -2.53. The van der Waals surface area contributed by atoms with Crippen LogP contribution in [0.15, 0.2) is 60.7 Å². The van der Waals surface area contributed by atoms with Gasteiger partial charge in [-0.25, -0.2) is 9.63 Å². The highest BCUT2D eigenvalue weighted by atomic mass is 35.5. The number of ketones is 1. The molecule has 1 amide bonds. The summed E-state index contributed by atoms with van der Waals surface area (Å²) in [5.41, 5.74) is 3.44. The van der Waals surface area contributed by atoms with Gasteiger partial charge in [-0.05, 0) is 83.5 Å². The van der Waals surface area contributed by atoms with Gasteiger partial charge in [0.2, 0.25) is 5.75 Å². The lowest BCUT2D eigenvalue weighted by atomic mass is 9.92. The number of halogens is 1. The minimum atomic E-state index is -1.56. The van der Waals surface area contributed by atoms with E-state index in [-0.39, 0.29) is 42.5 Å². The van der Waals surface area contributed by atoms with Gasteiger partial charge < -0.3 is 34.1 Å². The van der Waals surface area contributed by atoms with E-state index in [0.717, 1.165) is 11.1 Å². The van der Waals surface area contributed by atoms with Crippen molar-refractivity contribution in [2.45, 2.75) is 57.7 Å². The molecule has 1 aliphatic carbocycles. The van der Waals surface area contributed by atoms with Crippen LogP contribution in [0.4, 0.5) is 0 Å². The highest BCUT2D eigenvalue weighted by Crippen LogP contribution is 2.47. The molecule has 0 bridgehead atoms. The van der Waals surface area contributed by atoms with Crippen LogP contribution in [0.1, 0.15) is 48.9 Å². The van der Waals surface area contributed by atoms with Gasteiger partial charge in [-0.1, -0.05) is 50.2 Å². The smallest absolute Gasteiger partial charge is 0.334 e. The largest absolute Gasteiger partial charge is 0.493 e. The van der Waals surface area contributed by atoms with Crippen molar-refractivity contribution in [3.05, 3.63) is 82.9 Å². The third kappa shape index (κ3) is 8.91. The SMILES string of the molecule is COc1ccc(C2=CC(=O)CCc3c2cc(OC)c(OC)c3OC)cc1OC(=O)C(CC(C)C)NC(=O)C(O)C(Cc1ccccc1)NCl. The Bertz CT molecular complexity index is 1680. The summed E-state index contributed by atoms with van der Waals surface area (Å²) in [6, 6.07) is 14.1. The van der Waals surface area contributed by atoms with Crippen molar-refractivity contribution in [2.75, 3.05) is 28.4 Å². The number of aliphatic hydroxyl groups excluding tert-OH is 1. The number of methoxy groups -OCH3 is 4. The van der Waals surface area contributed by atoms with E-state index in [4.69, 9.17) is 35.5 Å². The molecule has 0 aromatic heterocycles. The number of esters is 1. The molecule has 262 valence electrons. The lowest BCUT2D eigenvalue weighted by Gasteiger charge is -2.25. The van der Waals surface area contributed by atoms with Gasteiger partial charge in [-0.3, -0.25) is 9.59 Å². The predicted molar refractivity (Wildman–Crippen MR) is 185 cm³/mol. The summed E-state index contributed by atoms with van der Waals surface area (Å²) in [5, 5.41) is 13.5. The molecule has 4 rings (SSSR count). The number of aliphatic hydroxyl groups is 1. The van der Waals surface area contributed by atoms with Crippen molar-refractivity contribution in [2.24, 2.45) is 5.92 Å². The number of fused-ring (bicyclic) bond motifs is 1. The van der Waals surface area contributed by atoms with Crippen LogP contribution in [0, 0.1) is 5.92 Å². The van der Waals surface area contributed by atoms with Gasteiger partial charge in [0.1, 0.15) is 12.1 Å². The summed E-state index contributed by atoms with van der Waals surface area (Å²) in [4.78, 5) is 42.4. The molecule has 1 aliphatic rings. The zero-order valence-corrected chi connectivity index (χ0v) is 29.3. The first kappa shape index (κ1) is 37.2. The maximum atomic E-state index is 13.7. The van der Waals surface area contributed by atoms with E-state index >= 15 is 0 Å². The Balaban J connectivity index is 1.65. The van der Waals surface area contributed by atoms with E-state index in [1.54, 1.807) is 30.3 Å². The topological polar surface area (TPSA) is 142 Å². The van der Waals surface area contributed by atoms with Crippen molar-refractivity contribution in [1.29, 1.82) is 0 Å². The van der Waals surface area contributed by atoms with Crippen LogP contribution < -0.4 is 33.8 Å². The average molecular weight is 695 g/mol. The maximum absolute atomic E-state index is 13.7. The first-order valence-corrected chi connectivity index (χ1v) is 16.3. The second-order valence-corrected chi connectivity index (χ2v) is 12.2. The monoisotopic (exact) mass is 694 g/mol. The van der Waals surface area contributed by atoms with Crippen LogP contribution in [-0.2, 0) is 27.2 Å².